The number of benzene rings is 2. The van der Waals surface area contributed by atoms with Crippen LogP contribution in [0.4, 0.5) is 0 Å². The molecule has 138 valence electrons. The Morgan fingerprint density at radius 2 is 1.73 bits per heavy atom. The molecule has 1 aliphatic rings. The Morgan fingerprint density at radius 1 is 1.00 bits per heavy atom. The second kappa shape index (κ2) is 10.1. The predicted octanol–water partition coefficient (Wildman–Crippen LogP) is 4.72. The minimum absolute atomic E-state index is 0.218. The van der Waals surface area contributed by atoms with Gasteiger partial charge in [0, 0.05) is 12.6 Å². The van der Waals surface area contributed by atoms with Gasteiger partial charge in [0.15, 0.2) is 0 Å². The van der Waals surface area contributed by atoms with Crippen molar-refractivity contribution in [1.82, 2.24) is 4.90 Å². The third-order valence-corrected chi connectivity index (χ3v) is 5.19. The molecule has 1 heterocycles. The van der Waals surface area contributed by atoms with E-state index in [1.165, 1.54) is 37.8 Å². The first-order valence-electron chi connectivity index (χ1n) is 9.83. The zero-order valence-electron chi connectivity index (χ0n) is 15.5. The molecule has 0 spiro atoms. The molecule has 0 aromatic heterocycles. The molecule has 0 radical (unpaired) electrons. The summed E-state index contributed by atoms with van der Waals surface area (Å²) in [6, 6.07) is 20.6. The van der Waals surface area contributed by atoms with Crippen molar-refractivity contribution in [3.05, 3.63) is 71.8 Å². The van der Waals surface area contributed by atoms with Gasteiger partial charge in [-0.1, -0.05) is 55.0 Å². The molecular formula is C23H29NO2. The van der Waals surface area contributed by atoms with E-state index >= 15 is 0 Å². The number of carbonyl (C=O) groups excluding carboxylic acids is 1. The lowest BCUT2D eigenvalue weighted by atomic mass is 9.95. The molecule has 0 bridgehead atoms. The van der Waals surface area contributed by atoms with Gasteiger partial charge >= 0.3 is 5.97 Å². The zero-order valence-corrected chi connectivity index (χ0v) is 15.5. The van der Waals surface area contributed by atoms with Crippen LogP contribution in [-0.4, -0.2) is 36.6 Å². The van der Waals surface area contributed by atoms with E-state index in [9.17, 15) is 4.79 Å². The maximum absolute atomic E-state index is 12.0. The lowest BCUT2D eigenvalue weighted by Crippen LogP contribution is -2.40. The standard InChI is InChI=1S/C23H29NO2/c25-23(21-12-5-2-6-13-21)26-19-9-18-24-17-8-7-14-22(24)16-15-20-10-3-1-4-11-20/h1-6,10-13,22H,7-9,14-19H2. The Labute approximate surface area is 157 Å². The lowest BCUT2D eigenvalue weighted by Gasteiger charge is -2.36. The number of carbonyl (C=O) groups is 1. The summed E-state index contributed by atoms with van der Waals surface area (Å²) in [6.07, 6.45) is 7.17. The molecule has 0 aliphatic carbocycles. The van der Waals surface area contributed by atoms with E-state index in [1.54, 1.807) is 12.1 Å². The van der Waals surface area contributed by atoms with E-state index in [2.05, 4.69) is 35.2 Å². The summed E-state index contributed by atoms with van der Waals surface area (Å²) in [5, 5.41) is 0. The number of esters is 1. The maximum Gasteiger partial charge on any atom is 0.338 e. The van der Waals surface area contributed by atoms with E-state index in [1.807, 2.05) is 18.2 Å². The molecule has 1 saturated heterocycles. The second-order valence-electron chi connectivity index (χ2n) is 7.07. The Bertz CT molecular complexity index is 656. The van der Waals surface area contributed by atoms with Crippen LogP contribution in [0.15, 0.2) is 60.7 Å². The Morgan fingerprint density at radius 3 is 2.50 bits per heavy atom. The van der Waals surface area contributed by atoms with Crippen molar-refractivity contribution < 1.29 is 9.53 Å². The number of hydrogen-bond donors (Lipinski definition) is 0. The largest absolute Gasteiger partial charge is 0.462 e. The SMILES string of the molecule is O=C(OCCCN1CCCCC1CCc1ccccc1)c1ccccc1. The maximum atomic E-state index is 12.0. The highest BCUT2D eigenvalue weighted by molar-refractivity contribution is 5.89. The fourth-order valence-corrected chi connectivity index (χ4v) is 3.75. The molecule has 3 nitrogen and oxygen atoms in total. The number of nitrogens with zero attached hydrogens (tertiary/aromatic N) is 1. The molecule has 0 amide bonds. The fraction of sp³-hybridized carbons (Fsp3) is 0.435. The van der Waals surface area contributed by atoms with Crippen LogP contribution in [0.25, 0.3) is 0 Å². The van der Waals surface area contributed by atoms with Crippen LogP contribution in [0.3, 0.4) is 0 Å². The normalized spacial score (nSPS) is 17.8. The summed E-state index contributed by atoms with van der Waals surface area (Å²) in [7, 11) is 0. The molecule has 3 heteroatoms. The van der Waals surface area contributed by atoms with Crippen molar-refractivity contribution in [2.24, 2.45) is 0 Å². The van der Waals surface area contributed by atoms with Crippen molar-refractivity contribution in [3.63, 3.8) is 0 Å². The lowest BCUT2D eigenvalue weighted by molar-refractivity contribution is 0.0470. The first-order valence-corrected chi connectivity index (χ1v) is 9.83. The van der Waals surface area contributed by atoms with Gasteiger partial charge in [0.1, 0.15) is 0 Å². The van der Waals surface area contributed by atoms with Gasteiger partial charge in [-0.05, 0) is 56.3 Å². The van der Waals surface area contributed by atoms with Crippen LogP contribution in [-0.2, 0) is 11.2 Å². The summed E-state index contributed by atoms with van der Waals surface area (Å²) < 4.78 is 5.42. The van der Waals surface area contributed by atoms with E-state index in [0.717, 1.165) is 19.4 Å². The van der Waals surface area contributed by atoms with Gasteiger partial charge in [0.2, 0.25) is 0 Å². The van der Waals surface area contributed by atoms with Gasteiger partial charge in [-0.25, -0.2) is 4.79 Å². The minimum Gasteiger partial charge on any atom is -0.462 e. The van der Waals surface area contributed by atoms with E-state index in [0.29, 0.717) is 18.2 Å². The number of hydrogen-bond acceptors (Lipinski definition) is 3. The molecule has 0 N–H and O–H groups in total. The smallest absolute Gasteiger partial charge is 0.338 e. The third-order valence-electron chi connectivity index (χ3n) is 5.19. The minimum atomic E-state index is -0.218. The molecule has 1 atom stereocenters. The summed E-state index contributed by atoms with van der Waals surface area (Å²) >= 11 is 0. The van der Waals surface area contributed by atoms with E-state index < -0.39 is 0 Å². The Balaban J connectivity index is 1.40. The van der Waals surface area contributed by atoms with E-state index in [4.69, 9.17) is 4.74 Å². The summed E-state index contributed by atoms with van der Waals surface area (Å²) in [6.45, 7) is 2.68. The quantitative estimate of drug-likeness (QED) is 0.509. The van der Waals surface area contributed by atoms with Crippen molar-refractivity contribution in [1.29, 1.82) is 0 Å². The fourth-order valence-electron chi connectivity index (χ4n) is 3.75. The molecular weight excluding hydrogens is 322 g/mol. The van der Waals surface area contributed by atoms with Gasteiger partial charge in [0.25, 0.3) is 0 Å². The van der Waals surface area contributed by atoms with Crippen LogP contribution < -0.4 is 0 Å². The first kappa shape index (κ1) is 18.7. The van der Waals surface area contributed by atoms with Crippen LogP contribution in [0.2, 0.25) is 0 Å². The average molecular weight is 351 g/mol. The van der Waals surface area contributed by atoms with Crippen LogP contribution >= 0.6 is 0 Å². The van der Waals surface area contributed by atoms with Crippen molar-refractivity contribution >= 4 is 5.97 Å². The van der Waals surface area contributed by atoms with Crippen molar-refractivity contribution in [2.75, 3.05) is 19.7 Å². The van der Waals surface area contributed by atoms with Gasteiger partial charge in [-0.15, -0.1) is 0 Å². The molecule has 0 saturated carbocycles. The molecule has 1 fully saturated rings. The van der Waals surface area contributed by atoms with Crippen LogP contribution in [0, 0.1) is 0 Å². The monoisotopic (exact) mass is 351 g/mol. The van der Waals surface area contributed by atoms with Crippen LogP contribution in [0.5, 0.6) is 0 Å². The van der Waals surface area contributed by atoms with E-state index in [-0.39, 0.29) is 5.97 Å². The topological polar surface area (TPSA) is 29.5 Å². The van der Waals surface area contributed by atoms with Crippen molar-refractivity contribution in [2.45, 2.75) is 44.6 Å². The Kier molecular flexibility index (Phi) is 7.26. The number of likely N-dealkylation sites (tertiary alicyclic amines) is 1. The number of rotatable bonds is 8. The molecule has 1 aliphatic heterocycles. The van der Waals surface area contributed by atoms with Crippen LogP contribution in [0.1, 0.15) is 48.0 Å². The van der Waals surface area contributed by atoms with Crippen molar-refractivity contribution in [3.8, 4) is 0 Å². The highest BCUT2D eigenvalue weighted by Gasteiger charge is 2.21. The highest BCUT2D eigenvalue weighted by atomic mass is 16.5. The van der Waals surface area contributed by atoms with Gasteiger partial charge in [-0.3, -0.25) is 0 Å². The number of piperidine rings is 1. The summed E-state index contributed by atoms with van der Waals surface area (Å²) in [5.74, 6) is -0.218. The predicted molar refractivity (Wildman–Crippen MR) is 105 cm³/mol. The molecule has 26 heavy (non-hydrogen) atoms. The zero-order chi connectivity index (χ0) is 18.0. The summed E-state index contributed by atoms with van der Waals surface area (Å²) in [4.78, 5) is 14.6. The Hall–Kier alpha value is -2.13. The summed E-state index contributed by atoms with van der Waals surface area (Å²) in [5.41, 5.74) is 2.06. The van der Waals surface area contributed by atoms with Gasteiger partial charge < -0.3 is 9.64 Å². The second-order valence-corrected chi connectivity index (χ2v) is 7.07. The third kappa shape index (κ3) is 5.70. The molecule has 2 aromatic carbocycles. The molecule has 1 unspecified atom stereocenters. The van der Waals surface area contributed by atoms with Gasteiger partial charge in [0.05, 0.1) is 12.2 Å². The number of aryl methyl sites for hydroxylation is 1. The first-order chi connectivity index (χ1) is 12.8. The highest BCUT2D eigenvalue weighted by Crippen LogP contribution is 2.21. The molecule has 3 rings (SSSR count). The van der Waals surface area contributed by atoms with Gasteiger partial charge in [-0.2, -0.15) is 0 Å². The molecule has 2 aromatic rings. The number of ether oxygens (including phenoxy) is 1. The average Bonchev–Trinajstić information content (AvgIpc) is 2.71.